The smallest absolute Gasteiger partial charge is 0.160 e. The van der Waals surface area contributed by atoms with Crippen molar-refractivity contribution in [1.29, 1.82) is 0 Å². The summed E-state index contributed by atoms with van der Waals surface area (Å²) in [6, 6.07) is 4.11. The largest absolute Gasteiger partial charge is 0.307 e. The number of pyridine rings is 1. The van der Waals surface area contributed by atoms with Crippen molar-refractivity contribution >= 4 is 66.0 Å². The molecule has 0 spiro atoms. The van der Waals surface area contributed by atoms with Gasteiger partial charge >= 0.3 is 0 Å². The number of hydrogen-bond acceptors (Lipinski definition) is 3. The van der Waals surface area contributed by atoms with Gasteiger partial charge in [0.25, 0.3) is 0 Å². The third kappa shape index (κ3) is 2.93. The third-order valence-electron chi connectivity index (χ3n) is 2.88. The van der Waals surface area contributed by atoms with Crippen molar-refractivity contribution in [3.8, 4) is 0 Å². The number of hydrogen-bond donors (Lipinski definition) is 0. The lowest BCUT2D eigenvalue weighted by Gasteiger charge is -2.06. The number of aromatic nitrogens is 3. The number of aryl methyl sites for hydroxylation is 1. The number of rotatable bonds is 4. The monoisotopic (exact) mass is 433 g/mol. The van der Waals surface area contributed by atoms with Crippen molar-refractivity contribution in [2.24, 2.45) is 0 Å². The molecule has 3 heterocycles. The molecule has 3 aromatic rings. The van der Waals surface area contributed by atoms with E-state index in [0.717, 1.165) is 38.9 Å². The summed E-state index contributed by atoms with van der Waals surface area (Å²) in [4.78, 5) is 10.4. The average molecular weight is 436 g/mol. The molecule has 0 aliphatic rings. The summed E-state index contributed by atoms with van der Waals surface area (Å²) in [5, 5.41) is 2.08. The van der Waals surface area contributed by atoms with Crippen molar-refractivity contribution in [3.63, 3.8) is 0 Å². The minimum atomic E-state index is 0.554. The Morgan fingerprint density at radius 3 is 2.80 bits per heavy atom. The standard InChI is InChI=1S/C13H10Br2ClN3S/c14-8-4-11-13(17-5-8)19(12(18-11)1-2-16)6-10-3-9(15)7-20-10/h3-5,7H,1-2,6H2. The first-order chi connectivity index (χ1) is 9.67. The highest BCUT2D eigenvalue weighted by molar-refractivity contribution is 9.10. The molecule has 0 aliphatic carbocycles. The van der Waals surface area contributed by atoms with Crippen LogP contribution in [0.3, 0.4) is 0 Å². The van der Waals surface area contributed by atoms with Crippen LogP contribution >= 0.6 is 54.8 Å². The maximum Gasteiger partial charge on any atom is 0.160 e. The number of fused-ring (bicyclic) bond motifs is 1. The molecule has 0 N–H and O–H groups in total. The first-order valence-electron chi connectivity index (χ1n) is 5.97. The predicted octanol–water partition coefficient (Wildman–Crippen LogP) is 4.85. The van der Waals surface area contributed by atoms with Crippen LogP contribution in [0.2, 0.25) is 0 Å². The van der Waals surface area contributed by atoms with Crippen LogP contribution in [0.5, 0.6) is 0 Å². The van der Waals surface area contributed by atoms with Gasteiger partial charge in [0.2, 0.25) is 0 Å². The lowest BCUT2D eigenvalue weighted by molar-refractivity contribution is 0.756. The van der Waals surface area contributed by atoms with Crippen molar-refractivity contribution in [1.82, 2.24) is 14.5 Å². The Morgan fingerprint density at radius 1 is 1.25 bits per heavy atom. The molecular formula is C13H10Br2ClN3S. The van der Waals surface area contributed by atoms with Crippen LogP contribution in [0.15, 0.2) is 32.7 Å². The number of alkyl halides is 1. The van der Waals surface area contributed by atoms with E-state index in [4.69, 9.17) is 11.6 Å². The highest BCUT2D eigenvalue weighted by atomic mass is 79.9. The van der Waals surface area contributed by atoms with Crippen LogP contribution < -0.4 is 0 Å². The van der Waals surface area contributed by atoms with E-state index >= 15 is 0 Å². The number of halogens is 3. The lowest BCUT2D eigenvalue weighted by atomic mass is 10.4. The molecule has 0 atom stereocenters. The zero-order chi connectivity index (χ0) is 14.1. The van der Waals surface area contributed by atoms with Crippen LogP contribution in [0, 0.1) is 0 Å². The van der Waals surface area contributed by atoms with E-state index in [9.17, 15) is 0 Å². The van der Waals surface area contributed by atoms with Gasteiger partial charge in [0, 0.05) is 37.7 Å². The summed E-state index contributed by atoms with van der Waals surface area (Å²) in [5.74, 6) is 1.53. The van der Waals surface area contributed by atoms with Gasteiger partial charge in [-0.3, -0.25) is 0 Å². The number of nitrogens with zero attached hydrogens (tertiary/aromatic N) is 3. The van der Waals surface area contributed by atoms with Gasteiger partial charge in [-0.05, 0) is 44.0 Å². The molecule has 104 valence electrons. The molecule has 0 fully saturated rings. The van der Waals surface area contributed by atoms with E-state index in [1.807, 2.05) is 6.07 Å². The molecule has 0 amide bonds. The summed E-state index contributed by atoms with van der Waals surface area (Å²) >= 11 is 14.5. The van der Waals surface area contributed by atoms with Crippen molar-refractivity contribution < 1.29 is 0 Å². The quantitative estimate of drug-likeness (QED) is 0.549. The minimum absolute atomic E-state index is 0.554. The Morgan fingerprint density at radius 2 is 2.10 bits per heavy atom. The Kier molecular flexibility index (Phi) is 4.45. The molecule has 0 saturated heterocycles. The normalized spacial score (nSPS) is 11.3. The average Bonchev–Trinajstić information content (AvgIpc) is 2.95. The van der Waals surface area contributed by atoms with Gasteiger partial charge in [-0.1, -0.05) is 0 Å². The van der Waals surface area contributed by atoms with Gasteiger partial charge < -0.3 is 4.57 Å². The van der Waals surface area contributed by atoms with Crippen LogP contribution in [-0.2, 0) is 13.0 Å². The first kappa shape index (κ1) is 14.5. The van der Waals surface area contributed by atoms with Crippen molar-refractivity contribution in [2.45, 2.75) is 13.0 Å². The van der Waals surface area contributed by atoms with Gasteiger partial charge in [0.1, 0.15) is 11.3 Å². The van der Waals surface area contributed by atoms with Gasteiger partial charge in [0.15, 0.2) is 5.65 Å². The van der Waals surface area contributed by atoms with Crippen LogP contribution in [0.1, 0.15) is 10.7 Å². The summed E-state index contributed by atoms with van der Waals surface area (Å²) in [6.07, 6.45) is 2.54. The molecule has 7 heteroatoms. The Balaban J connectivity index is 2.08. The lowest BCUT2D eigenvalue weighted by Crippen LogP contribution is -2.05. The molecule has 20 heavy (non-hydrogen) atoms. The fourth-order valence-corrected chi connectivity index (χ4v) is 3.99. The van der Waals surface area contributed by atoms with Crippen molar-refractivity contribution in [3.05, 3.63) is 43.4 Å². The van der Waals surface area contributed by atoms with Crippen LogP contribution in [0.4, 0.5) is 0 Å². The van der Waals surface area contributed by atoms with E-state index in [2.05, 4.69) is 57.8 Å². The van der Waals surface area contributed by atoms with Crippen molar-refractivity contribution in [2.75, 3.05) is 5.88 Å². The van der Waals surface area contributed by atoms with E-state index in [-0.39, 0.29) is 0 Å². The maximum atomic E-state index is 5.89. The van der Waals surface area contributed by atoms with Gasteiger partial charge in [-0.2, -0.15) is 0 Å². The molecule has 0 unspecified atom stereocenters. The Labute approximate surface area is 142 Å². The second kappa shape index (κ2) is 6.13. The summed E-state index contributed by atoms with van der Waals surface area (Å²) in [7, 11) is 0. The molecule has 0 bridgehead atoms. The van der Waals surface area contributed by atoms with Crippen LogP contribution in [-0.4, -0.2) is 20.4 Å². The van der Waals surface area contributed by atoms with E-state index < -0.39 is 0 Å². The van der Waals surface area contributed by atoms with Gasteiger partial charge in [0.05, 0.1) is 6.54 Å². The third-order valence-corrected chi connectivity index (χ3v) is 5.19. The fourth-order valence-electron chi connectivity index (χ4n) is 2.07. The Hall–Kier alpha value is -0.430. The second-order valence-corrected chi connectivity index (χ2v) is 7.49. The van der Waals surface area contributed by atoms with Gasteiger partial charge in [-0.15, -0.1) is 22.9 Å². The number of thiophene rings is 1. The molecular weight excluding hydrogens is 425 g/mol. The summed E-state index contributed by atoms with van der Waals surface area (Å²) < 4.78 is 4.19. The minimum Gasteiger partial charge on any atom is -0.307 e. The van der Waals surface area contributed by atoms with E-state index in [1.54, 1.807) is 17.5 Å². The number of imidazole rings is 1. The zero-order valence-corrected chi connectivity index (χ0v) is 15.1. The molecule has 0 aliphatic heterocycles. The molecule has 3 aromatic heterocycles. The molecule has 0 aromatic carbocycles. The van der Waals surface area contributed by atoms with Crippen LogP contribution in [0.25, 0.3) is 11.2 Å². The molecule has 3 nitrogen and oxygen atoms in total. The summed E-state index contributed by atoms with van der Waals surface area (Å²) in [6.45, 7) is 0.771. The fraction of sp³-hybridized carbons (Fsp3) is 0.231. The molecule has 0 radical (unpaired) electrons. The van der Waals surface area contributed by atoms with Gasteiger partial charge in [-0.25, -0.2) is 9.97 Å². The SMILES string of the molecule is ClCCc1nc2cc(Br)cnc2n1Cc1cc(Br)cs1. The van der Waals surface area contributed by atoms with E-state index in [0.29, 0.717) is 5.88 Å². The summed E-state index contributed by atoms with van der Waals surface area (Å²) in [5.41, 5.74) is 1.80. The zero-order valence-electron chi connectivity index (χ0n) is 10.3. The topological polar surface area (TPSA) is 30.7 Å². The predicted molar refractivity (Wildman–Crippen MR) is 90.8 cm³/mol. The first-order valence-corrected chi connectivity index (χ1v) is 8.97. The molecule has 0 saturated carbocycles. The highest BCUT2D eigenvalue weighted by Gasteiger charge is 2.13. The maximum absolute atomic E-state index is 5.89. The Bertz CT molecular complexity index is 753. The van der Waals surface area contributed by atoms with E-state index in [1.165, 1.54) is 4.88 Å². The highest BCUT2D eigenvalue weighted by Crippen LogP contribution is 2.24. The molecule has 3 rings (SSSR count). The second-order valence-electron chi connectivity index (χ2n) is 4.28.